The van der Waals surface area contributed by atoms with Crippen LogP contribution in [0, 0.1) is 5.92 Å². The summed E-state index contributed by atoms with van der Waals surface area (Å²) in [6.07, 6.45) is -3.42. The summed E-state index contributed by atoms with van der Waals surface area (Å²) in [5.41, 5.74) is 0.358. The molecule has 1 saturated carbocycles. The van der Waals surface area contributed by atoms with Gasteiger partial charge in [-0.2, -0.15) is 13.2 Å². The van der Waals surface area contributed by atoms with Crippen LogP contribution in [0.1, 0.15) is 30.1 Å². The Balaban J connectivity index is 2.09. The number of carbonyl (C=O) groups is 1. The van der Waals surface area contributed by atoms with E-state index in [1.165, 1.54) is 18.3 Å². The van der Waals surface area contributed by atoms with Crippen molar-refractivity contribution in [2.45, 2.75) is 32.0 Å². The van der Waals surface area contributed by atoms with Crippen molar-refractivity contribution in [3.05, 3.63) is 23.9 Å². The lowest BCUT2D eigenvalue weighted by molar-refractivity contribution is -0.189. The number of rotatable bonds is 4. The Kier molecular flexibility index (Phi) is 3.28. The van der Waals surface area contributed by atoms with Gasteiger partial charge in [-0.25, -0.2) is 4.98 Å². The van der Waals surface area contributed by atoms with Gasteiger partial charge in [-0.05, 0) is 25.8 Å². The van der Waals surface area contributed by atoms with E-state index in [1.807, 2.05) is 0 Å². The van der Waals surface area contributed by atoms with Gasteiger partial charge in [0.05, 0.1) is 0 Å². The molecule has 1 aliphatic rings. The molecule has 0 radical (unpaired) electrons. The number of aromatic nitrogens is 1. The van der Waals surface area contributed by atoms with Crippen molar-refractivity contribution >= 4 is 5.78 Å². The minimum Gasteiger partial charge on any atom is -0.465 e. The van der Waals surface area contributed by atoms with E-state index >= 15 is 0 Å². The monoisotopic (exact) mass is 259 g/mol. The Hall–Kier alpha value is -1.59. The SMILES string of the molecule is C[C@@H](Oc1cc(C(=O)C2CC2)ccn1)C(F)(F)F. The van der Waals surface area contributed by atoms with Crippen LogP contribution in [0.5, 0.6) is 5.88 Å². The van der Waals surface area contributed by atoms with Crippen molar-refractivity contribution in [3.63, 3.8) is 0 Å². The summed E-state index contributed by atoms with van der Waals surface area (Å²) in [7, 11) is 0. The van der Waals surface area contributed by atoms with Gasteiger partial charge in [-0.1, -0.05) is 0 Å². The zero-order valence-electron chi connectivity index (χ0n) is 9.70. The molecule has 98 valence electrons. The molecule has 0 saturated heterocycles. The highest BCUT2D eigenvalue weighted by Gasteiger charge is 2.38. The highest BCUT2D eigenvalue weighted by molar-refractivity contribution is 5.99. The number of ether oxygens (including phenoxy) is 1. The fraction of sp³-hybridized carbons (Fsp3) is 0.500. The Morgan fingerprint density at radius 1 is 1.50 bits per heavy atom. The Labute approximate surface area is 102 Å². The molecule has 18 heavy (non-hydrogen) atoms. The van der Waals surface area contributed by atoms with Crippen LogP contribution in [0.4, 0.5) is 13.2 Å². The summed E-state index contributed by atoms with van der Waals surface area (Å²) in [4.78, 5) is 15.4. The standard InChI is InChI=1S/C12H12F3NO2/c1-7(12(13,14)15)18-10-6-9(4-5-16-10)11(17)8-2-3-8/h4-8H,2-3H2,1H3/t7-/m1/s1. The third-order valence-corrected chi connectivity index (χ3v) is 2.73. The van der Waals surface area contributed by atoms with Crippen LogP contribution >= 0.6 is 0 Å². The topological polar surface area (TPSA) is 39.2 Å². The van der Waals surface area contributed by atoms with E-state index < -0.39 is 12.3 Å². The van der Waals surface area contributed by atoms with E-state index in [0.29, 0.717) is 5.56 Å². The zero-order valence-corrected chi connectivity index (χ0v) is 9.70. The highest BCUT2D eigenvalue weighted by atomic mass is 19.4. The minimum absolute atomic E-state index is 0.0142. The first kappa shape index (κ1) is 12.9. The van der Waals surface area contributed by atoms with E-state index in [-0.39, 0.29) is 17.6 Å². The molecule has 0 spiro atoms. The summed E-state index contributed by atoms with van der Waals surface area (Å²) in [5, 5.41) is 0. The van der Waals surface area contributed by atoms with Crippen LogP contribution < -0.4 is 4.74 Å². The maximum atomic E-state index is 12.3. The Morgan fingerprint density at radius 2 is 2.17 bits per heavy atom. The second-order valence-electron chi connectivity index (χ2n) is 4.32. The third-order valence-electron chi connectivity index (χ3n) is 2.73. The summed E-state index contributed by atoms with van der Waals surface area (Å²) in [6, 6.07) is 2.76. The normalized spacial score (nSPS) is 17.3. The van der Waals surface area contributed by atoms with Crippen molar-refractivity contribution in [2.24, 2.45) is 5.92 Å². The molecule has 1 atom stereocenters. The van der Waals surface area contributed by atoms with E-state index in [9.17, 15) is 18.0 Å². The molecule has 0 amide bonds. The maximum Gasteiger partial charge on any atom is 0.425 e. The van der Waals surface area contributed by atoms with Crippen LogP contribution in [-0.2, 0) is 0 Å². The summed E-state index contributed by atoms with van der Waals surface area (Å²) in [5.74, 6) is -0.214. The van der Waals surface area contributed by atoms with Crippen molar-refractivity contribution < 1.29 is 22.7 Å². The molecule has 6 heteroatoms. The number of halogens is 3. The molecule has 1 aromatic heterocycles. The van der Waals surface area contributed by atoms with Crippen LogP contribution in [0.2, 0.25) is 0 Å². The Morgan fingerprint density at radius 3 is 2.72 bits per heavy atom. The lowest BCUT2D eigenvalue weighted by Gasteiger charge is -2.16. The van der Waals surface area contributed by atoms with Crippen molar-refractivity contribution in [1.82, 2.24) is 4.98 Å². The van der Waals surface area contributed by atoms with Gasteiger partial charge in [-0.3, -0.25) is 4.79 Å². The number of hydrogen-bond acceptors (Lipinski definition) is 3. The van der Waals surface area contributed by atoms with Gasteiger partial charge < -0.3 is 4.74 Å². The molecule has 0 N–H and O–H groups in total. The first-order valence-electron chi connectivity index (χ1n) is 5.61. The number of nitrogens with zero attached hydrogens (tertiary/aromatic N) is 1. The van der Waals surface area contributed by atoms with Gasteiger partial charge in [0, 0.05) is 23.7 Å². The first-order valence-corrected chi connectivity index (χ1v) is 5.61. The molecule has 1 aliphatic carbocycles. The quantitative estimate of drug-likeness (QED) is 0.780. The largest absolute Gasteiger partial charge is 0.465 e. The number of alkyl halides is 3. The smallest absolute Gasteiger partial charge is 0.425 e. The lowest BCUT2D eigenvalue weighted by atomic mass is 10.1. The van der Waals surface area contributed by atoms with Crippen molar-refractivity contribution in [2.75, 3.05) is 0 Å². The van der Waals surface area contributed by atoms with E-state index in [0.717, 1.165) is 19.8 Å². The molecule has 0 bridgehead atoms. The molecule has 0 aromatic carbocycles. The molecule has 1 heterocycles. The van der Waals surface area contributed by atoms with Gasteiger partial charge in [0.15, 0.2) is 11.9 Å². The second-order valence-corrected chi connectivity index (χ2v) is 4.32. The summed E-state index contributed by atoms with van der Waals surface area (Å²) in [6.45, 7) is 0.900. The van der Waals surface area contributed by atoms with Gasteiger partial charge in [0.25, 0.3) is 0 Å². The van der Waals surface area contributed by atoms with Crippen LogP contribution in [0.25, 0.3) is 0 Å². The minimum atomic E-state index is -4.45. The van der Waals surface area contributed by atoms with Gasteiger partial charge in [-0.15, -0.1) is 0 Å². The maximum absolute atomic E-state index is 12.3. The predicted molar refractivity (Wildman–Crippen MR) is 57.4 cm³/mol. The summed E-state index contributed by atoms with van der Waals surface area (Å²) < 4.78 is 41.6. The van der Waals surface area contributed by atoms with Crippen molar-refractivity contribution in [1.29, 1.82) is 0 Å². The number of ketones is 1. The molecule has 1 fully saturated rings. The lowest BCUT2D eigenvalue weighted by Crippen LogP contribution is -2.31. The summed E-state index contributed by atoms with van der Waals surface area (Å²) >= 11 is 0. The van der Waals surface area contributed by atoms with Gasteiger partial charge in [0.1, 0.15) is 0 Å². The average Bonchev–Trinajstić information content (AvgIpc) is 3.11. The first-order chi connectivity index (χ1) is 8.38. The van der Waals surface area contributed by atoms with Crippen LogP contribution in [0.15, 0.2) is 18.3 Å². The molecule has 0 unspecified atom stereocenters. The van der Waals surface area contributed by atoms with E-state index in [2.05, 4.69) is 9.72 Å². The number of Topliss-reactive ketones (excluding diaryl/α,β-unsaturated/α-hetero) is 1. The number of pyridine rings is 1. The average molecular weight is 259 g/mol. The number of hydrogen-bond donors (Lipinski definition) is 0. The fourth-order valence-electron chi connectivity index (χ4n) is 1.46. The predicted octanol–water partition coefficient (Wildman–Crippen LogP) is 3.00. The molecular weight excluding hydrogens is 247 g/mol. The molecule has 1 aromatic rings. The fourth-order valence-corrected chi connectivity index (χ4v) is 1.46. The zero-order chi connectivity index (χ0) is 13.3. The van der Waals surface area contributed by atoms with Gasteiger partial charge >= 0.3 is 6.18 Å². The van der Waals surface area contributed by atoms with E-state index in [4.69, 9.17) is 0 Å². The third kappa shape index (κ3) is 3.00. The highest BCUT2D eigenvalue weighted by Crippen LogP contribution is 2.33. The Bertz CT molecular complexity index is 455. The number of carbonyl (C=O) groups excluding carboxylic acids is 1. The molecule has 3 nitrogen and oxygen atoms in total. The van der Waals surface area contributed by atoms with Gasteiger partial charge in [0.2, 0.25) is 5.88 Å². The molecule has 2 rings (SSSR count). The van der Waals surface area contributed by atoms with E-state index in [1.54, 1.807) is 0 Å². The second kappa shape index (κ2) is 4.59. The van der Waals surface area contributed by atoms with Crippen LogP contribution in [0.3, 0.4) is 0 Å². The van der Waals surface area contributed by atoms with Crippen molar-refractivity contribution in [3.8, 4) is 5.88 Å². The molecular formula is C12H12F3NO2. The van der Waals surface area contributed by atoms with Crippen LogP contribution in [-0.4, -0.2) is 23.0 Å². The molecule has 0 aliphatic heterocycles.